The maximum atomic E-state index is 14.7. The molecule has 2 aromatic carbocycles. The molecule has 3 N–H and O–H groups in total. The molecule has 0 spiro atoms. The monoisotopic (exact) mass is 542 g/mol. The number of aliphatic hydroxyl groups is 1. The lowest BCUT2D eigenvalue weighted by molar-refractivity contribution is -0.142. The molecule has 4 rings (SSSR count). The highest BCUT2D eigenvalue weighted by atomic mass is 32.2. The van der Waals surface area contributed by atoms with E-state index in [1.165, 1.54) is 24.3 Å². The molecule has 1 unspecified atom stereocenters. The van der Waals surface area contributed by atoms with Gasteiger partial charge in [-0.15, -0.1) is 10.2 Å². The topological polar surface area (TPSA) is 125 Å². The number of aromatic nitrogens is 2. The van der Waals surface area contributed by atoms with E-state index in [-0.39, 0.29) is 29.0 Å². The van der Waals surface area contributed by atoms with Gasteiger partial charge in [0.25, 0.3) is 11.8 Å². The second-order valence-corrected chi connectivity index (χ2v) is 10.7. The van der Waals surface area contributed by atoms with Gasteiger partial charge in [0.05, 0.1) is 15.3 Å². The summed E-state index contributed by atoms with van der Waals surface area (Å²) in [5.41, 5.74) is -4.77. The van der Waals surface area contributed by atoms with Crippen LogP contribution < -0.4 is 10.1 Å². The normalized spacial score (nSPS) is 16.1. The van der Waals surface area contributed by atoms with E-state index in [4.69, 9.17) is 9.52 Å². The van der Waals surface area contributed by atoms with E-state index in [0.717, 1.165) is 25.3 Å². The van der Waals surface area contributed by atoms with Gasteiger partial charge in [0.1, 0.15) is 5.56 Å². The van der Waals surface area contributed by atoms with Crippen molar-refractivity contribution in [2.75, 3.05) is 11.6 Å². The van der Waals surface area contributed by atoms with Crippen molar-refractivity contribution in [2.45, 2.75) is 36.4 Å². The molecule has 8 nitrogen and oxygen atoms in total. The first-order chi connectivity index (χ1) is 17.1. The number of rotatable bonds is 6. The molecule has 0 saturated heterocycles. The number of alkyl halides is 3. The molecule has 0 aliphatic heterocycles. The molecule has 1 fully saturated rings. The molecule has 1 atom stereocenters. The maximum Gasteiger partial charge on any atom is 0.435 e. The number of carbonyl (C=O) groups excluding carboxylic acids is 1. The summed E-state index contributed by atoms with van der Waals surface area (Å²) in [4.78, 5) is 13.1. The fourth-order valence-corrected chi connectivity index (χ4v) is 4.27. The van der Waals surface area contributed by atoms with Crippen LogP contribution in [0.3, 0.4) is 0 Å². The van der Waals surface area contributed by atoms with Gasteiger partial charge in [0, 0.05) is 22.4 Å². The molecular formula is C23H19F5N4O4S. The minimum Gasteiger partial charge on any atom is -0.434 e. The third-order valence-corrected chi connectivity index (χ3v) is 6.85. The summed E-state index contributed by atoms with van der Waals surface area (Å²) < 4.78 is 94.6. The van der Waals surface area contributed by atoms with Gasteiger partial charge in [-0.25, -0.2) is 13.4 Å². The highest BCUT2D eigenvalue weighted by Gasteiger charge is 2.45. The number of nitrogens with one attached hydrogen (secondary N) is 2. The van der Waals surface area contributed by atoms with Crippen molar-refractivity contribution in [2.24, 2.45) is 0 Å². The highest BCUT2D eigenvalue weighted by molar-refractivity contribution is 7.91. The number of ether oxygens (including phenoxy) is 1. The molecule has 37 heavy (non-hydrogen) atoms. The minimum absolute atomic E-state index is 0.000647. The van der Waals surface area contributed by atoms with Crippen molar-refractivity contribution in [3.05, 3.63) is 70.4 Å². The van der Waals surface area contributed by atoms with Crippen LogP contribution in [0.4, 0.5) is 27.6 Å². The zero-order valence-corrected chi connectivity index (χ0v) is 20.1. The number of hydrogen-bond acceptors (Lipinski definition) is 7. The molecule has 0 radical (unpaired) electrons. The van der Waals surface area contributed by atoms with Crippen molar-refractivity contribution in [3.63, 3.8) is 0 Å². The summed E-state index contributed by atoms with van der Waals surface area (Å²) in [7, 11) is -3.17. The predicted molar refractivity (Wildman–Crippen MR) is 121 cm³/mol. The average Bonchev–Trinajstić information content (AvgIpc) is 3.53. The Morgan fingerprint density at radius 2 is 1.84 bits per heavy atom. The lowest BCUT2D eigenvalue weighted by Gasteiger charge is -2.17. The number of nitrogens with zero attached hydrogens (tertiary/aromatic N) is 2. The molecular weight excluding hydrogens is 523 g/mol. The number of benzene rings is 2. The molecule has 3 aromatic rings. The molecule has 1 aliphatic rings. The molecule has 196 valence electrons. The molecule has 1 aromatic heterocycles. The Morgan fingerprint density at radius 3 is 2.43 bits per heavy atom. The zero-order valence-electron chi connectivity index (χ0n) is 19.2. The zero-order chi connectivity index (χ0) is 27.3. The Bertz CT molecular complexity index is 1520. The summed E-state index contributed by atoms with van der Waals surface area (Å²) >= 11 is 0. The van der Waals surface area contributed by atoms with Crippen LogP contribution in [0.25, 0.3) is 0 Å². The van der Waals surface area contributed by atoms with E-state index >= 15 is 0 Å². The van der Waals surface area contributed by atoms with Crippen LogP contribution in [0, 0.1) is 23.3 Å². The van der Waals surface area contributed by atoms with E-state index in [9.17, 15) is 36.1 Å². The van der Waals surface area contributed by atoms with Gasteiger partial charge in [-0.05, 0) is 55.7 Å². The average molecular weight is 542 g/mol. The highest BCUT2D eigenvalue weighted by Crippen LogP contribution is 2.47. The molecule has 1 aliphatic carbocycles. The Morgan fingerprint density at radius 1 is 1.16 bits per heavy atom. The Labute approximate surface area is 207 Å². The fraction of sp³-hybridized carbons (Fsp3) is 0.261. The van der Waals surface area contributed by atoms with Crippen molar-refractivity contribution >= 4 is 21.3 Å². The third kappa shape index (κ3) is 5.25. The Kier molecular flexibility index (Phi) is 6.44. The van der Waals surface area contributed by atoms with E-state index in [2.05, 4.69) is 15.5 Å². The predicted octanol–water partition coefficient (Wildman–Crippen LogP) is 5.14. The number of carbonyl (C=O) groups is 1. The fourth-order valence-electron chi connectivity index (χ4n) is 3.58. The smallest absolute Gasteiger partial charge is 0.434 e. The second-order valence-electron chi connectivity index (χ2n) is 8.55. The van der Waals surface area contributed by atoms with Crippen molar-refractivity contribution in [1.29, 1.82) is 4.78 Å². The van der Waals surface area contributed by atoms with Gasteiger partial charge in [-0.2, -0.15) is 17.6 Å². The van der Waals surface area contributed by atoms with E-state index < -0.39 is 67.5 Å². The molecule has 1 saturated carbocycles. The number of amides is 1. The molecule has 1 amide bonds. The lowest BCUT2D eigenvalue weighted by atomic mass is 10.1. The van der Waals surface area contributed by atoms with Crippen LogP contribution in [-0.4, -0.2) is 31.7 Å². The van der Waals surface area contributed by atoms with Gasteiger partial charge < -0.3 is 15.2 Å². The lowest BCUT2D eigenvalue weighted by Crippen LogP contribution is -2.21. The van der Waals surface area contributed by atoms with Crippen LogP contribution in [0.15, 0.2) is 41.3 Å². The van der Waals surface area contributed by atoms with Crippen LogP contribution in [0.5, 0.6) is 11.6 Å². The minimum atomic E-state index is -5.00. The summed E-state index contributed by atoms with van der Waals surface area (Å²) in [5, 5.41) is 18.8. The largest absolute Gasteiger partial charge is 0.435 e. The van der Waals surface area contributed by atoms with Gasteiger partial charge in [-0.3, -0.25) is 4.79 Å². The Balaban J connectivity index is 1.76. The summed E-state index contributed by atoms with van der Waals surface area (Å²) in [6.45, 7) is 0.932. The van der Waals surface area contributed by atoms with Gasteiger partial charge in [-0.1, -0.05) is 6.07 Å². The SMILES string of the molecule is Cc1c(C(F)(F)F)nnc(Oc2ccc(C3(O)CC3)c(F)c2F)c1C(=O)Nc1cccc(S(C)(=N)=O)c1. The Hall–Kier alpha value is -3.65. The quantitative estimate of drug-likeness (QED) is 0.371. The van der Waals surface area contributed by atoms with Gasteiger partial charge >= 0.3 is 6.18 Å². The van der Waals surface area contributed by atoms with Gasteiger partial charge in [0.2, 0.25) is 5.82 Å². The van der Waals surface area contributed by atoms with Gasteiger partial charge in [0.15, 0.2) is 17.3 Å². The molecule has 1 heterocycles. The van der Waals surface area contributed by atoms with E-state index in [0.29, 0.717) is 0 Å². The van der Waals surface area contributed by atoms with Crippen LogP contribution in [0.1, 0.15) is 40.0 Å². The second kappa shape index (κ2) is 9.03. The van der Waals surface area contributed by atoms with E-state index in [1.807, 2.05) is 0 Å². The standard InChI is InChI=1S/C23H19F5N4O4S/c1-11-16(20(33)30-12-4-3-5-13(10-12)37(2,29)35)21(32-31-19(11)23(26,27)28)36-15-7-6-14(17(24)18(15)25)22(34)8-9-22/h3-7,10,29,34H,8-9H2,1-2H3,(H,30,33). The number of hydrogen-bond donors (Lipinski definition) is 3. The third-order valence-electron chi connectivity index (χ3n) is 5.70. The summed E-state index contributed by atoms with van der Waals surface area (Å²) in [6.07, 6.45) is -3.40. The first-order valence-corrected chi connectivity index (χ1v) is 12.6. The molecule has 14 heteroatoms. The molecule has 0 bridgehead atoms. The van der Waals surface area contributed by atoms with Crippen LogP contribution in [0.2, 0.25) is 0 Å². The van der Waals surface area contributed by atoms with Crippen molar-refractivity contribution < 1.29 is 40.8 Å². The van der Waals surface area contributed by atoms with Crippen molar-refractivity contribution in [1.82, 2.24) is 10.2 Å². The van der Waals surface area contributed by atoms with Crippen LogP contribution >= 0.6 is 0 Å². The van der Waals surface area contributed by atoms with Crippen molar-refractivity contribution in [3.8, 4) is 11.6 Å². The maximum absolute atomic E-state index is 14.7. The first-order valence-electron chi connectivity index (χ1n) is 10.6. The summed E-state index contributed by atoms with van der Waals surface area (Å²) in [5.74, 6) is -5.74. The number of anilines is 1. The van der Waals surface area contributed by atoms with Crippen LogP contribution in [-0.2, 0) is 21.5 Å². The first kappa shape index (κ1) is 26.4. The summed E-state index contributed by atoms with van der Waals surface area (Å²) in [6, 6.07) is 7.33. The van der Waals surface area contributed by atoms with E-state index in [1.54, 1.807) is 0 Å². The number of halogens is 5.